The van der Waals surface area contributed by atoms with Crippen molar-refractivity contribution >= 4 is 22.6 Å². The molecule has 0 bridgehead atoms. The lowest BCUT2D eigenvalue weighted by atomic mass is 10.3. The summed E-state index contributed by atoms with van der Waals surface area (Å²) in [5.74, 6) is 1.41. The summed E-state index contributed by atoms with van der Waals surface area (Å²) in [5, 5.41) is 8.36. The van der Waals surface area contributed by atoms with Gasteiger partial charge in [-0.15, -0.1) is 22.0 Å². The highest BCUT2D eigenvalue weighted by Gasteiger charge is 2.13. The highest BCUT2D eigenvalue weighted by atomic mass is 32.2. The van der Waals surface area contributed by atoms with E-state index in [2.05, 4.69) is 23.7 Å². The second-order valence-electron chi connectivity index (χ2n) is 1.80. The second-order valence-corrected chi connectivity index (χ2v) is 3.05. The van der Waals surface area contributed by atoms with Gasteiger partial charge in [-0.25, -0.2) is 0 Å². The molecule has 3 nitrogen and oxygen atoms in total. The van der Waals surface area contributed by atoms with Crippen molar-refractivity contribution in [2.24, 2.45) is 15.9 Å². The van der Waals surface area contributed by atoms with Crippen molar-refractivity contribution in [2.75, 3.05) is 5.75 Å². The third-order valence-corrected chi connectivity index (χ3v) is 1.99. The van der Waals surface area contributed by atoms with Crippen LogP contribution in [0, 0.1) is 0 Å². The van der Waals surface area contributed by atoms with Gasteiger partial charge in [0.25, 0.3) is 0 Å². The molecule has 0 aliphatic carbocycles. The number of hydrogen-bond donors (Lipinski definition) is 1. The van der Waals surface area contributed by atoms with E-state index in [4.69, 9.17) is 5.73 Å². The van der Waals surface area contributed by atoms with Crippen molar-refractivity contribution in [2.45, 2.75) is 6.92 Å². The fraction of sp³-hybridized carbons (Fsp3) is 0.333. The molecule has 0 aromatic heterocycles. The molecule has 0 aromatic rings. The molecule has 1 aliphatic heterocycles. The van der Waals surface area contributed by atoms with E-state index in [1.54, 1.807) is 11.8 Å². The Bertz CT molecular complexity index is 217. The molecular weight excluding hydrogens is 146 g/mol. The average molecular weight is 155 g/mol. The van der Waals surface area contributed by atoms with Crippen LogP contribution in [0.4, 0.5) is 0 Å². The van der Waals surface area contributed by atoms with Crippen molar-refractivity contribution in [3.8, 4) is 0 Å². The highest BCUT2D eigenvalue weighted by Crippen LogP contribution is 2.15. The van der Waals surface area contributed by atoms with Gasteiger partial charge in [0.15, 0.2) is 5.84 Å². The summed E-state index contributed by atoms with van der Waals surface area (Å²) in [7, 11) is 0. The lowest BCUT2D eigenvalue weighted by molar-refractivity contribution is 1.26. The summed E-state index contributed by atoms with van der Waals surface area (Å²) in [6.45, 7) is 5.78. The SMILES string of the molecule is C=C1C(N)=NN=C1SCC. The fourth-order valence-electron chi connectivity index (χ4n) is 0.582. The minimum Gasteiger partial charge on any atom is -0.382 e. The van der Waals surface area contributed by atoms with Crippen molar-refractivity contribution in [3.63, 3.8) is 0 Å². The maximum absolute atomic E-state index is 5.42. The zero-order valence-electron chi connectivity index (χ0n) is 5.79. The predicted octanol–water partition coefficient (Wildman–Crippen LogP) is 0.980. The lowest BCUT2D eigenvalue weighted by Crippen LogP contribution is -2.13. The van der Waals surface area contributed by atoms with Gasteiger partial charge in [0.2, 0.25) is 0 Å². The smallest absolute Gasteiger partial charge is 0.155 e. The standard InChI is InChI=1S/C6H9N3S/c1-3-10-6-4(2)5(7)8-9-6/h2-3H2,1H3,(H2,7,8). The van der Waals surface area contributed by atoms with Gasteiger partial charge in [-0.2, -0.15) is 0 Å². The molecule has 0 saturated carbocycles. The van der Waals surface area contributed by atoms with Crippen LogP contribution in [0.1, 0.15) is 6.92 Å². The average Bonchev–Trinajstić information content (AvgIpc) is 2.20. The van der Waals surface area contributed by atoms with E-state index in [0.717, 1.165) is 16.4 Å². The summed E-state index contributed by atoms with van der Waals surface area (Å²) in [6, 6.07) is 0. The quantitative estimate of drug-likeness (QED) is 0.613. The summed E-state index contributed by atoms with van der Waals surface area (Å²) < 4.78 is 0. The Kier molecular flexibility index (Phi) is 2.11. The minimum atomic E-state index is 0.441. The summed E-state index contributed by atoms with van der Waals surface area (Å²) in [6.07, 6.45) is 0. The van der Waals surface area contributed by atoms with Gasteiger partial charge in [0.1, 0.15) is 5.04 Å². The van der Waals surface area contributed by atoms with Crippen molar-refractivity contribution in [3.05, 3.63) is 12.2 Å². The van der Waals surface area contributed by atoms with E-state index in [1.807, 2.05) is 0 Å². The largest absolute Gasteiger partial charge is 0.382 e. The number of nitrogens with two attached hydrogens (primary N) is 1. The topological polar surface area (TPSA) is 50.7 Å². The number of rotatable bonds is 1. The molecule has 0 aromatic carbocycles. The van der Waals surface area contributed by atoms with Gasteiger partial charge < -0.3 is 5.73 Å². The minimum absolute atomic E-state index is 0.441. The first kappa shape index (κ1) is 7.34. The van der Waals surface area contributed by atoms with E-state index < -0.39 is 0 Å². The Morgan fingerprint density at radius 3 is 2.70 bits per heavy atom. The highest BCUT2D eigenvalue weighted by molar-refractivity contribution is 8.14. The normalized spacial score (nSPS) is 17.1. The lowest BCUT2D eigenvalue weighted by Gasteiger charge is -1.96. The van der Waals surface area contributed by atoms with E-state index in [1.165, 1.54) is 0 Å². The fourth-order valence-corrected chi connectivity index (χ4v) is 1.23. The third kappa shape index (κ3) is 1.21. The Morgan fingerprint density at radius 1 is 1.60 bits per heavy atom. The van der Waals surface area contributed by atoms with E-state index in [0.29, 0.717) is 5.84 Å². The zero-order valence-corrected chi connectivity index (χ0v) is 6.61. The summed E-state index contributed by atoms with van der Waals surface area (Å²) in [5.41, 5.74) is 6.18. The Balaban J connectivity index is 2.62. The first-order valence-corrected chi connectivity index (χ1v) is 3.97. The first-order valence-electron chi connectivity index (χ1n) is 2.99. The number of amidine groups is 1. The van der Waals surface area contributed by atoms with E-state index >= 15 is 0 Å². The second kappa shape index (κ2) is 2.88. The first-order chi connectivity index (χ1) is 4.75. The Hall–Kier alpha value is -0.770. The molecule has 0 radical (unpaired) electrons. The molecule has 0 fully saturated rings. The van der Waals surface area contributed by atoms with Crippen molar-refractivity contribution < 1.29 is 0 Å². The number of thioether (sulfide) groups is 1. The molecule has 1 rings (SSSR count). The molecule has 4 heteroatoms. The van der Waals surface area contributed by atoms with Crippen LogP contribution in [0.3, 0.4) is 0 Å². The molecule has 0 saturated heterocycles. The van der Waals surface area contributed by atoms with Crippen LogP contribution >= 0.6 is 11.8 Å². The van der Waals surface area contributed by atoms with Gasteiger partial charge >= 0.3 is 0 Å². The van der Waals surface area contributed by atoms with Crippen molar-refractivity contribution in [1.82, 2.24) is 0 Å². The van der Waals surface area contributed by atoms with Gasteiger partial charge in [-0.1, -0.05) is 13.5 Å². The molecule has 0 spiro atoms. The van der Waals surface area contributed by atoms with E-state index in [9.17, 15) is 0 Å². The molecule has 1 heterocycles. The Morgan fingerprint density at radius 2 is 2.30 bits per heavy atom. The molecule has 0 unspecified atom stereocenters. The van der Waals surface area contributed by atoms with Crippen LogP contribution in [-0.2, 0) is 0 Å². The van der Waals surface area contributed by atoms with E-state index in [-0.39, 0.29) is 0 Å². The summed E-state index contributed by atoms with van der Waals surface area (Å²) in [4.78, 5) is 0. The molecule has 1 aliphatic rings. The van der Waals surface area contributed by atoms with Gasteiger partial charge in [-0.3, -0.25) is 0 Å². The third-order valence-electron chi connectivity index (χ3n) is 1.10. The Labute approximate surface area is 64.1 Å². The molecule has 0 amide bonds. The molecular formula is C6H9N3S. The van der Waals surface area contributed by atoms with Crippen LogP contribution in [0.5, 0.6) is 0 Å². The predicted molar refractivity (Wildman–Crippen MR) is 46.3 cm³/mol. The summed E-state index contributed by atoms with van der Waals surface area (Å²) >= 11 is 1.61. The number of hydrogen-bond acceptors (Lipinski definition) is 4. The monoisotopic (exact) mass is 155 g/mol. The zero-order chi connectivity index (χ0) is 7.56. The molecule has 0 atom stereocenters. The van der Waals surface area contributed by atoms with Crippen molar-refractivity contribution in [1.29, 1.82) is 0 Å². The van der Waals surface area contributed by atoms with Gasteiger partial charge in [-0.05, 0) is 5.75 Å². The maximum Gasteiger partial charge on any atom is 0.155 e. The molecule has 2 N–H and O–H groups in total. The van der Waals surface area contributed by atoms with Crippen LogP contribution in [0.15, 0.2) is 22.4 Å². The van der Waals surface area contributed by atoms with Gasteiger partial charge in [0, 0.05) is 5.57 Å². The van der Waals surface area contributed by atoms with Gasteiger partial charge in [0.05, 0.1) is 0 Å². The van der Waals surface area contributed by atoms with Crippen LogP contribution in [-0.4, -0.2) is 16.6 Å². The van der Waals surface area contributed by atoms with Crippen LogP contribution in [0.25, 0.3) is 0 Å². The molecule has 10 heavy (non-hydrogen) atoms. The maximum atomic E-state index is 5.42. The molecule has 54 valence electrons. The van der Waals surface area contributed by atoms with Crippen LogP contribution in [0.2, 0.25) is 0 Å². The number of nitrogens with zero attached hydrogens (tertiary/aromatic N) is 2. The van der Waals surface area contributed by atoms with Crippen LogP contribution < -0.4 is 5.73 Å².